The Balaban J connectivity index is 1.33. The first-order valence-corrected chi connectivity index (χ1v) is 12.3. The van der Waals surface area contributed by atoms with Gasteiger partial charge in [0, 0.05) is 31.4 Å². The minimum atomic E-state index is -0.350. The largest absolute Gasteiger partial charge is 0.322 e. The Morgan fingerprint density at radius 2 is 1.53 bits per heavy atom. The van der Waals surface area contributed by atoms with Crippen molar-refractivity contribution < 1.29 is 9.18 Å². The van der Waals surface area contributed by atoms with Gasteiger partial charge in [-0.3, -0.25) is 0 Å². The Bertz CT molecular complexity index is 1020. The zero-order valence-electron chi connectivity index (χ0n) is 19.7. The lowest BCUT2D eigenvalue weighted by atomic mass is 10.0. The molecule has 1 saturated heterocycles. The van der Waals surface area contributed by atoms with Crippen molar-refractivity contribution >= 4 is 11.7 Å². The monoisotopic (exact) mass is 459 g/mol. The third-order valence-electron chi connectivity index (χ3n) is 6.60. The number of carbonyl (C=O) groups excluding carboxylic acids is 1. The van der Waals surface area contributed by atoms with Gasteiger partial charge < -0.3 is 15.1 Å². The van der Waals surface area contributed by atoms with Crippen LogP contribution in [0.2, 0.25) is 0 Å². The number of likely N-dealkylation sites (tertiary alicyclic amines) is 1. The fourth-order valence-corrected chi connectivity index (χ4v) is 4.71. The summed E-state index contributed by atoms with van der Waals surface area (Å²) in [5.41, 5.74) is 3.09. The molecule has 1 N–H and O–H groups in total. The van der Waals surface area contributed by atoms with Crippen LogP contribution in [0.1, 0.15) is 30.4 Å². The molecule has 5 heteroatoms. The topological polar surface area (TPSA) is 35.6 Å². The van der Waals surface area contributed by atoms with Gasteiger partial charge in [0.2, 0.25) is 0 Å². The first-order valence-electron chi connectivity index (χ1n) is 12.3. The molecule has 0 atom stereocenters. The lowest BCUT2D eigenvalue weighted by molar-refractivity contribution is 0.127. The highest BCUT2D eigenvalue weighted by molar-refractivity contribution is 5.89. The Hall–Kier alpha value is -3.18. The molecule has 0 aromatic heterocycles. The number of urea groups is 1. The zero-order valence-corrected chi connectivity index (χ0v) is 19.7. The molecule has 178 valence electrons. The maximum absolute atomic E-state index is 13.6. The lowest BCUT2D eigenvalue weighted by Crippen LogP contribution is -2.49. The number of piperidine rings is 1. The molecular formula is C29H34FN3O. The van der Waals surface area contributed by atoms with E-state index < -0.39 is 0 Å². The number of amides is 2. The van der Waals surface area contributed by atoms with Crippen molar-refractivity contribution in [2.45, 2.75) is 38.1 Å². The highest BCUT2D eigenvalue weighted by Crippen LogP contribution is 2.20. The maximum Gasteiger partial charge on any atom is 0.322 e. The van der Waals surface area contributed by atoms with Gasteiger partial charge in [-0.15, -0.1) is 0 Å². The molecule has 2 amide bonds. The van der Waals surface area contributed by atoms with E-state index in [2.05, 4.69) is 52.7 Å². The van der Waals surface area contributed by atoms with Crippen LogP contribution in [-0.4, -0.2) is 48.1 Å². The number of aryl methyl sites for hydroxylation is 1. The summed E-state index contributed by atoms with van der Waals surface area (Å²) in [5, 5.41) is 2.91. The van der Waals surface area contributed by atoms with Gasteiger partial charge in [0.05, 0.1) is 0 Å². The number of nitrogens with one attached hydrogen (secondary N) is 1. The van der Waals surface area contributed by atoms with Gasteiger partial charge in [0.15, 0.2) is 0 Å². The van der Waals surface area contributed by atoms with Gasteiger partial charge in [-0.2, -0.15) is 0 Å². The van der Waals surface area contributed by atoms with E-state index in [1.807, 2.05) is 23.1 Å². The number of anilines is 1. The minimum absolute atomic E-state index is 0.149. The van der Waals surface area contributed by atoms with Gasteiger partial charge in [0.1, 0.15) is 5.82 Å². The van der Waals surface area contributed by atoms with Gasteiger partial charge in [0.25, 0.3) is 0 Å². The second-order valence-electron chi connectivity index (χ2n) is 9.03. The van der Waals surface area contributed by atoms with E-state index >= 15 is 0 Å². The molecule has 4 nitrogen and oxygen atoms in total. The fourth-order valence-electron chi connectivity index (χ4n) is 4.71. The number of nitrogens with zero attached hydrogens (tertiary/aromatic N) is 2. The third kappa shape index (κ3) is 7.16. The average molecular weight is 460 g/mol. The van der Waals surface area contributed by atoms with Crippen molar-refractivity contribution in [3.8, 4) is 0 Å². The molecule has 1 aliphatic heterocycles. The van der Waals surface area contributed by atoms with E-state index in [4.69, 9.17) is 0 Å². The highest BCUT2D eigenvalue weighted by Gasteiger charge is 2.28. The summed E-state index contributed by atoms with van der Waals surface area (Å²) in [5.74, 6) is -0.350. The first-order chi connectivity index (χ1) is 16.7. The molecule has 0 saturated carbocycles. The van der Waals surface area contributed by atoms with E-state index in [1.165, 1.54) is 23.3 Å². The predicted octanol–water partition coefficient (Wildman–Crippen LogP) is 6.00. The summed E-state index contributed by atoms with van der Waals surface area (Å²) in [6.07, 6.45) is 4.95. The molecule has 3 aromatic rings. The molecule has 0 spiro atoms. The van der Waals surface area contributed by atoms with Crippen molar-refractivity contribution in [1.82, 2.24) is 9.80 Å². The van der Waals surface area contributed by atoms with Crippen LogP contribution in [0.5, 0.6) is 0 Å². The number of halogens is 1. The standard InChI is InChI=1S/C29H34FN3O/c30-26-14-7-15-27(23-26)31-29(34)33(22-16-25-11-5-2-6-12-25)28-17-20-32(21-18-28)19-8-13-24-9-3-1-4-10-24/h1-7,9-12,14-15,23,28H,8,13,16-22H2,(H,31,34). The van der Waals surface area contributed by atoms with Crippen LogP contribution in [-0.2, 0) is 12.8 Å². The summed E-state index contributed by atoms with van der Waals surface area (Å²) >= 11 is 0. The van der Waals surface area contributed by atoms with Crippen LogP contribution < -0.4 is 5.32 Å². The zero-order chi connectivity index (χ0) is 23.6. The number of hydrogen-bond acceptors (Lipinski definition) is 2. The molecule has 1 heterocycles. The van der Waals surface area contributed by atoms with Crippen LogP contribution in [0.3, 0.4) is 0 Å². The van der Waals surface area contributed by atoms with Crippen LogP contribution in [0.4, 0.5) is 14.9 Å². The Morgan fingerprint density at radius 3 is 2.18 bits per heavy atom. The Kier molecular flexibility index (Phi) is 8.69. The Morgan fingerprint density at radius 1 is 0.882 bits per heavy atom. The molecule has 0 radical (unpaired) electrons. The van der Waals surface area contributed by atoms with Crippen LogP contribution >= 0.6 is 0 Å². The van der Waals surface area contributed by atoms with Crippen molar-refractivity contribution in [3.63, 3.8) is 0 Å². The average Bonchev–Trinajstić information content (AvgIpc) is 2.86. The molecule has 0 aliphatic carbocycles. The smallest absolute Gasteiger partial charge is 0.321 e. The van der Waals surface area contributed by atoms with E-state index in [-0.39, 0.29) is 17.9 Å². The predicted molar refractivity (Wildman–Crippen MR) is 136 cm³/mol. The molecule has 4 rings (SSSR count). The van der Waals surface area contributed by atoms with E-state index in [1.54, 1.807) is 12.1 Å². The number of rotatable bonds is 9. The van der Waals surface area contributed by atoms with Crippen molar-refractivity contribution in [2.24, 2.45) is 0 Å². The summed E-state index contributed by atoms with van der Waals surface area (Å²) < 4.78 is 13.6. The molecule has 0 bridgehead atoms. The Labute approximate surface area is 202 Å². The normalized spacial score (nSPS) is 14.6. The lowest BCUT2D eigenvalue weighted by Gasteiger charge is -2.38. The fraction of sp³-hybridized carbons (Fsp3) is 0.345. The number of hydrogen-bond donors (Lipinski definition) is 1. The van der Waals surface area contributed by atoms with E-state index in [0.29, 0.717) is 12.2 Å². The number of benzene rings is 3. The minimum Gasteiger partial charge on any atom is -0.321 e. The van der Waals surface area contributed by atoms with Gasteiger partial charge >= 0.3 is 6.03 Å². The molecule has 1 fully saturated rings. The van der Waals surface area contributed by atoms with Crippen molar-refractivity contribution in [3.05, 3.63) is 102 Å². The van der Waals surface area contributed by atoms with Crippen LogP contribution in [0.25, 0.3) is 0 Å². The van der Waals surface area contributed by atoms with Gasteiger partial charge in [-0.25, -0.2) is 9.18 Å². The molecule has 0 unspecified atom stereocenters. The van der Waals surface area contributed by atoms with Crippen LogP contribution in [0.15, 0.2) is 84.9 Å². The third-order valence-corrected chi connectivity index (χ3v) is 6.60. The van der Waals surface area contributed by atoms with Crippen molar-refractivity contribution in [2.75, 3.05) is 31.5 Å². The summed E-state index contributed by atoms with van der Waals surface area (Å²) in [6.45, 7) is 3.72. The summed E-state index contributed by atoms with van der Waals surface area (Å²) in [7, 11) is 0. The quantitative estimate of drug-likeness (QED) is 0.426. The molecular weight excluding hydrogens is 425 g/mol. The summed E-state index contributed by atoms with van der Waals surface area (Å²) in [6, 6.07) is 27.0. The van der Waals surface area contributed by atoms with E-state index in [0.717, 1.165) is 51.7 Å². The SMILES string of the molecule is O=C(Nc1cccc(F)c1)N(CCc1ccccc1)C1CCN(CCCc2ccccc2)CC1. The molecule has 1 aliphatic rings. The van der Waals surface area contributed by atoms with Crippen molar-refractivity contribution in [1.29, 1.82) is 0 Å². The molecule has 34 heavy (non-hydrogen) atoms. The number of carbonyl (C=O) groups is 1. The van der Waals surface area contributed by atoms with E-state index in [9.17, 15) is 9.18 Å². The van der Waals surface area contributed by atoms with Gasteiger partial charge in [-0.05, 0) is 68.0 Å². The second kappa shape index (κ2) is 12.3. The van der Waals surface area contributed by atoms with Gasteiger partial charge in [-0.1, -0.05) is 66.7 Å². The highest BCUT2D eigenvalue weighted by atomic mass is 19.1. The maximum atomic E-state index is 13.6. The molecule has 3 aromatic carbocycles. The first kappa shape index (κ1) is 24.0. The van der Waals surface area contributed by atoms with Crippen LogP contribution in [0, 0.1) is 5.82 Å². The summed E-state index contributed by atoms with van der Waals surface area (Å²) in [4.78, 5) is 17.7. The second-order valence-corrected chi connectivity index (χ2v) is 9.03.